The molecule has 0 bridgehead atoms. The van der Waals surface area contributed by atoms with Crippen molar-refractivity contribution in [2.75, 3.05) is 19.7 Å². The molecule has 2 aromatic rings. The number of likely N-dealkylation sites (tertiary alicyclic amines) is 1. The van der Waals surface area contributed by atoms with Gasteiger partial charge in [0.1, 0.15) is 11.4 Å². The summed E-state index contributed by atoms with van der Waals surface area (Å²) in [5.41, 5.74) is 1.83. The van der Waals surface area contributed by atoms with Crippen molar-refractivity contribution in [1.29, 1.82) is 0 Å². The molecule has 0 N–H and O–H groups in total. The minimum absolute atomic E-state index is 0.145. The van der Waals surface area contributed by atoms with Gasteiger partial charge in [-0.05, 0) is 50.5 Å². The van der Waals surface area contributed by atoms with Gasteiger partial charge in [-0.25, -0.2) is 0 Å². The molecule has 112 valence electrons. The van der Waals surface area contributed by atoms with Gasteiger partial charge in [0.15, 0.2) is 0 Å². The number of piperidine rings is 1. The monoisotopic (exact) mass is 286 g/mol. The Hall–Kier alpha value is -1.97. The number of rotatable bonds is 3. The number of hydrogen-bond acceptors (Lipinski definition) is 2. The van der Waals surface area contributed by atoms with Crippen LogP contribution >= 0.6 is 0 Å². The molecule has 1 aromatic heterocycles. The van der Waals surface area contributed by atoms with Crippen molar-refractivity contribution >= 4 is 16.8 Å². The number of benzene rings is 1. The summed E-state index contributed by atoms with van der Waals surface area (Å²) >= 11 is 0. The van der Waals surface area contributed by atoms with E-state index >= 15 is 0 Å². The predicted octanol–water partition coefficient (Wildman–Crippen LogP) is 3.20. The lowest BCUT2D eigenvalue weighted by Crippen LogP contribution is -2.36. The van der Waals surface area contributed by atoms with E-state index in [9.17, 15) is 4.79 Å². The Morgan fingerprint density at radius 2 is 1.95 bits per heavy atom. The maximum Gasteiger partial charge on any atom is 0.270 e. The Morgan fingerprint density at radius 1 is 1.19 bits per heavy atom. The van der Waals surface area contributed by atoms with Crippen LogP contribution in [0.2, 0.25) is 0 Å². The molecule has 1 saturated heterocycles. The second kappa shape index (κ2) is 5.80. The van der Waals surface area contributed by atoms with Crippen molar-refractivity contribution in [2.45, 2.75) is 26.2 Å². The Balaban J connectivity index is 1.94. The van der Waals surface area contributed by atoms with E-state index in [0.29, 0.717) is 6.61 Å². The van der Waals surface area contributed by atoms with E-state index in [0.717, 1.165) is 48.3 Å². The van der Waals surface area contributed by atoms with Gasteiger partial charge in [0, 0.05) is 31.0 Å². The second-order valence-electron chi connectivity index (χ2n) is 5.60. The van der Waals surface area contributed by atoms with E-state index in [-0.39, 0.29) is 5.91 Å². The molecule has 0 spiro atoms. The molecule has 3 rings (SSSR count). The fourth-order valence-corrected chi connectivity index (χ4v) is 3.05. The summed E-state index contributed by atoms with van der Waals surface area (Å²) in [6.45, 7) is 4.38. The average molecular weight is 286 g/mol. The maximum absolute atomic E-state index is 12.7. The fourth-order valence-electron chi connectivity index (χ4n) is 3.05. The van der Waals surface area contributed by atoms with Crippen LogP contribution in [0.4, 0.5) is 0 Å². The smallest absolute Gasteiger partial charge is 0.270 e. The van der Waals surface area contributed by atoms with Crippen molar-refractivity contribution in [1.82, 2.24) is 9.47 Å². The molecule has 1 aromatic carbocycles. The van der Waals surface area contributed by atoms with Gasteiger partial charge in [0.05, 0.1) is 6.61 Å². The molecule has 4 heteroatoms. The van der Waals surface area contributed by atoms with Crippen LogP contribution < -0.4 is 4.74 Å². The largest absolute Gasteiger partial charge is 0.494 e. The molecule has 0 atom stereocenters. The standard InChI is InChI=1S/C17H22N2O2/c1-3-21-14-7-8-15-13(11-14)12-16(18(15)2)17(20)19-9-5-4-6-10-19/h7-8,11-12H,3-6,9-10H2,1-2H3. The SMILES string of the molecule is CCOc1ccc2c(c1)cc(C(=O)N1CCCCC1)n2C. The Labute approximate surface area is 125 Å². The minimum atomic E-state index is 0.145. The van der Waals surface area contributed by atoms with Crippen LogP contribution in [0, 0.1) is 0 Å². The Kier molecular flexibility index (Phi) is 3.86. The van der Waals surface area contributed by atoms with Crippen molar-refractivity contribution in [3.8, 4) is 5.75 Å². The van der Waals surface area contributed by atoms with Crippen molar-refractivity contribution in [3.05, 3.63) is 30.0 Å². The van der Waals surface area contributed by atoms with Crippen molar-refractivity contribution < 1.29 is 9.53 Å². The molecule has 1 aliphatic rings. The summed E-state index contributed by atoms with van der Waals surface area (Å²) in [5.74, 6) is 0.999. The number of hydrogen-bond donors (Lipinski definition) is 0. The van der Waals surface area contributed by atoms with Gasteiger partial charge in [-0.2, -0.15) is 0 Å². The zero-order chi connectivity index (χ0) is 14.8. The summed E-state index contributed by atoms with van der Waals surface area (Å²) in [6.07, 6.45) is 3.46. The molecule has 1 amide bonds. The normalized spacial score (nSPS) is 15.4. The van der Waals surface area contributed by atoms with Crippen LogP contribution in [0.25, 0.3) is 10.9 Å². The number of carbonyl (C=O) groups excluding carboxylic acids is 1. The van der Waals surface area contributed by atoms with E-state index in [1.54, 1.807) is 0 Å². The molecular weight excluding hydrogens is 264 g/mol. The molecule has 0 aliphatic carbocycles. The molecule has 4 nitrogen and oxygen atoms in total. The van der Waals surface area contributed by atoms with E-state index < -0.39 is 0 Å². The van der Waals surface area contributed by atoms with E-state index in [1.807, 2.05) is 47.7 Å². The first-order valence-corrected chi connectivity index (χ1v) is 7.72. The lowest BCUT2D eigenvalue weighted by atomic mass is 10.1. The molecule has 0 saturated carbocycles. The first-order chi connectivity index (χ1) is 10.2. The molecule has 0 radical (unpaired) electrons. The molecule has 0 unspecified atom stereocenters. The quantitative estimate of drug-likeness (QED) is 0.868. The van der Waals surface area contributed by atoms with Crippen LogP contribution in [0.1, 0.15) is 36.7 Å². The highest BCUT2D eigenvalue weighted by Gasteiger charge is 2.21. The third-order valence-electron chi connectivity index (χ3n) is 4.19. The van der Waals surface area contributed by atoms with E-state index in [1.165, 1.54) is 6.42 Å². The number of carbonyl (C=O) groups is 1. The van der Waals surface area contributed by atoms with Crippen molar-refractivity contribution in [3.63, 3.8) is 0 Å². The lowest BCUT2D eigenvalue weighted by molar-refractivity contribution is 0.0715. The average Bonchev–Trinajstić information content (AvgIpc) is 2.84. The highest BCUT2D eigenvalue weighted by atomic mass is 16.5. The van der Waals surface area contributed by atoms with E-state index in [2.05, 4.69) is 0 Å². The van der Waals surface area contributed by atoms with Gasteiger partial charge < -0.3 is 14.2 Å². The maximum atomic E-state index is 12.7. The molecular formula is C17H22N2O2. The minimum Gasteiger partial charge on any atom is -0.494 e. The summed E-state index contributed by atoms with van der Waals surface area (Å²) in [6, 6.07) is 7.97. The van der Waals surface area contributed by atoms with Crippen LogP contribution in [0.3, 0.4) is 0 Å². The summed E-state index contributed by atoms with van der Waals surface area (Å²) in [7, 11) is 1.96. The highest BCUT2D eigenvalue weighted by molar-refractivity contribution is 5.99. The predicted molar refractivity (Wildman–Crippen MR) is 83.8 cm³/mol. The van der Waals surface area contributed by atoms with Gasteiger partial charge in [0.25, 0.3) is 5.91 Å². The van der Waals surface area contributed by atoms with Crippen LogP contribution in [0.15, 0.2) is 24.3 Å². The second-order valence-corrected chi connectivity index (χ2v) is 5.60. The highest BCUT2D eigenvalue weighted by Crippen LogP contribution is 2.25. The summed E-state index contributed by atoms with van der Waals surface area (Å²) in [5, 5.41) is 1.06. The van der Waals surface area contributed by atoms with Crippen LogP contribution in [-0.4, -0.2) is 35.1 Å². The summed E-state index contributed by atoms with van der Waals surface area (Å²) in [4.78, 5) is 14.6. The molecule has 2 heterocycles. The molecule has 21 heavy (non-hydrogen) atoms. The van der Waals surface area contributed by atoms with Gasteiger partial charge >= 0.3 is 0 Å². The zero-order valence-corrected chi connectivity index (χ0v) is 12.8. The first-order valence-electron chi connectivity index (χ1n) is 7.72. The lowest BCUT2D eigenvalue weighted by Gasteiger charge is -2.26. The number of amides is 1. The van der Waals surface area contributed by atoms with Crippen molar-refractivity contribution in [2.24, 2.45) is 7.05 Å². The topological polar surface area (TPSA) is 34.5 Å². The van der Waals surface area contributed by atoms with Crippen LogP contribution in [-0.2, 0) is 7.05 Å². The Morgan fingerprint density at radius 3 is 2.67 bits per heavy atom. The first kappa shape index (κ1) is 14.0. The third kappa shape index (κ3) is 2.62. The van der Waals surface area contributed by atoms with Gasteiger partial charge in [-0.1, -0.05) is 0 Å². The van der Waals surface area contributed by atoms with E-state index in [4.69, 9.17) is 4.74 Å². The number of fused-ring (bicyclic) bond motifs is 1. The Bertz CT molecular complexity index is 654. The fraction of sp³-hybridized carbons (Fsp3) is 0.471. The summed E-state index contributed by atoms with van der Waals surface area (Å²) < 4.78 is 7.52. The van der Waals surface area contributed by atoms with Gasteiger partial charge in [-0.15, -0.1) is 0 Å². The number of ether oxygens (including phenoxy) is 1. The molecule has 1 aliphatic heterocycles. The third-order valence-corrected chi connectivity index (χ3v) is 4.19. The number of aromatic nitrogens is 1. The number of nitrogens with zero attached hydrogens (tertiary/aromatic N) is 2. The molecule has 1 fully saturated rings. The van der Waals surface area contributed by atoms with Gasteiger partial charge in [0.2, 0.25) is 0 Å². The zero-order valence-electron chi connectivity index (χ0n) is 12.8. The number of aryl methyl sites for hydroxylation is 1. The van der Waals surface area contributed by atoms with Gasteiger partial charge in [-0.3, -0.25) is 4.79 Å². The van der Waals surface area contributed by atoms with Crippen LogP contribution in [0.5, 0.6) is 5.75 Å².